The van der Waals surface area contributed by atoms with Gasteiger partial charge in [-0.2, -0.15) is 0 Å². The van der Waals surface area contributed by atoms with Crippen molar-refractivity contribution in [1.29, 1.82) is 0 Å². The zero-order chi connectivity index (χ0) is 19.8. The largest absolute Gasteiger partial charge is 0.490 e. The Bertz CT molecular complexity index is 1280. The van der Waals surface area contributed by atoms with E-state index in [1.54, 1.807) is 10.5 Å². The lowest BCUT2D eigenvalue weighted by atomic mass is 10.2. The molecule has 4 aromatic rings. The Kier molecular flexibility index (Phi) is 5.00. The molecule has 2 heterocycles. The summed E-state index contributed by atoms with van der Waals surface area (Å²) in [4.78, 5) is 18.1. The van der Waals surface area contributed by atoms with Crippen molar-refractivity contribution >= 4 is 45.0 Å². The van der Waals surface area contributed by atoms with E-state index in [9.17, 15) is 4.79 Å². The summed E-state index contributed by atoms with van der Waals surface area (Å²) < 4.78 is 13.7. The molecule has 0 spiro atoms. The van der Waals surface area contributed by atoms with Crippen LogP contribution in [-0.4, -0.2) is 22.1 Å². The normalized spacial score (nSPS) is 12.4. The lowest BCUT2D eigenvalue weighted by Gasteiger charge is -2.16. The van der Waals surface area contributed by atoms with Crippen LogP contribution in [0.4, 0.5) is 0 Å². The maximum atomic E-state index is 12.9. The number of hydrogen-bond donors (Lipinski definition) is 0. The fraction of sp³-hybridized carbons (Fsp3) is 0.238. The summed E-state index contributed by atoms with van der Waals surface area (Å²) in [7, 11) is 0. The highest BCUT2D eigenvalue weighted by molar-refractivity contribution is 7.15. The minimum absolute atomic E-state index is 0.0295. The summed E-state index contributed by atoms with van der Waals surface area (Å²) >= 11 is 7.79. The molecule has 0 N–H and O–H groups in total. The first-order valence-electron chi connectivity index (χ1n) is 9.02. The lowest BCUT2D eigenvalue weighted by molar-refractivity contribution is 0.224. The molecule has 0 fully saturated rings. The molecule has 0 atom stereocenters. The predicted molar refractivity (Wildman–Crippen MR) is 114 cm³/mol. The Hall–Kier alpha value is -2.57. The molecule has 0 saturated heterocycles. The van der Waals surface area contributed by atoms with E-state index in [4.69, 9.17) is 21.1 Å². The van der Waals surface area contributed by atoms with E-state index in [1.165, 1.54) is 11.3 Å². The van der Waals surface area contributed by atoms with Crippen molar-refractivity contribution in [3.8, 4) is 11.5 Å². The third kappa shape index (κ3) is 3.34. The molecule has 0 saturated carbocycles. The van der Waals surface area contributed by atoms with E-state index < -0.39 is 0 Å². The minimum atomic E-state index is -0.0923. The molecule has 144 valence electrons. The van der Waals surface area contributed by atoms with Gasteiger partial charge in [-0.1, -0.05) is 35.1 Å². The molecule has 28 heavy (non-hydrogen) atoms. The van der Waals surface area contributed by atoms with Crippen molar-refractivity contribution in [2.45, 2.75) is 26.9 Å². The van der Waals surface area contributed by atoms with Crippen molar-refractivity contribution < 1.29 is 9.47 Å². The third-order valence-corrected chi connectivity index (χ3v) is 5.38. The summed E-state index contributed by atoms with van der Waals surface area (Å²) in [6.45, 7) is 6.25. The first kappa shape index (κ1) is 18.8. The van der Waals surface area contributed by atoms with E-state index in [2.05, 4.69) is 4.98 Å². The molecule has 0 bridgehead atoms. The van der Waals surface area contributed by atoms with E-state index in [0.29, 0.717) is 32.6 Å². The monoisotopic (exact) mass is 414 g/mol. The molecule has 4 rings (SSSR count). The molecule has 0 amide bonds. The Balaban J connectivity index is 1.86. The van der Waals surface area contributed by atoms with Crippen LogP contribution in [0.3, 0.4) is 0 Å². The number of nitrogens with zero attached hydrogens (tertiary/aromatic N) is 2. The van der Waals surface area contributed by atoms with Crippen molar-refractivity contribution in [3.63, 3.8) is 0 Å². The van der Waals surface area contributed by atoms with Gasteiger partial charge < -0.3 is 9.47 Å². The predicted octanol–water partition coefficient (Wildman–Crippen LogP) is 4.30. The summed E-state index contributed by atoms with van der Waals surface area (Å²) in [5, 5.41) is 0.449. The maximum absolute atomic E-state index is 12.9. The number of hydrogen-bond acceptors (Lipinski definition) is 5. The van der Waals surface area contributed by atoms with Crippen LogP contribution in [0.2, 0.25) is 5.02 Å². The summed E-state index contributed by atoms with van der Waals surface area (Å²) in [6, 6.07) is 11.2. The Morgan fingerprint density at radius 2 is 2.07 bits per heavy atom. The fourth-order valence-corrected chi connectivity index (χ4v) is 4.30. The zero-order valence-corrected chi connectivity index (χ0v) is 17.3. The Morgan fingerprint density at radius 3 is 2.82 bits per heavy atom. The van der Waals surface area contributed by atoms with Gasteiger partial charge in [0, 0.05) is 0 Å². The summed E-state index contributed by atoms with van der Waals surface area (Å²) in [6.07, 6.45) is 1.78. The van der Waals surface area contributed by atoms with Crippen LogP contribution < -0.4 is 19.6 Å². The SMILES string of the molecule is CCOc1cc(/C=c2\sc3nc4ccccc4n3c2=O)cc(Cl)c1OC(C)C. The van der Waals surface area contributed by atoms with Gasteiger partial charge in [0.2, 0.25) is 0 Å². The standard InChI is InChI=1S/C21H19ClN2O3S/c1-4-26-17-10-13(9-14(22)19(17)27-12(2)3)11-18-20(25)24-16-8-6-5-7-15(16)23-21(24)28-18/h5-12H,4H2,1-3H3/b18-11-. The van der Waals surface area contributed by atoms with Crippen LogP contribution in [-0.2, 0) is 0 Å². The van der Waals surface area contributed by atoms with Crippen LogP contribution in [0.15, 0.2) is 41.2 Å². The second kappa shape index (κ2) is 7.45. The van der Waals surface area contributed by atoms with E-state index >= 15 is 0 Å². The Morgan fingerprint density at radius 1 is 1.29 bits per heavy atom. The van der Waals surface area contributed by atoms with Crippen LogP contribution in [0.1, 0.15) is 26.3 Å². The summed E-state index contributed by atoms with van der Waals surface area (Å²) in [5.74, 6) is 1.08. The van der Waals surface area contributed by atoms with Crippen molar-refractivity contribution in [3.05, 3.63) is 61.9 Å². The van der Waals surface area contributed by atoms with Gasteiger partial charge in [-0.25, -0.2) is 9.38 Å². The Labute approximate surface area is 170 Å². The number of benzene rings is 2. The van der Waals surface area contributed by atoms with Gasteiger partial charge in [-0.15, -0.1) is 0 Å². The van der Waals surface area contributed by atoms with Gasteiger partial charge >= 0.3 is 0 Å². The molecule has 5 nitrogen and oxygen atoms in total. The highest BCUT2D eigenvalue weighted by Gasteiger charge is 2.15. The summed E-state index contributed by atoms with van der Waals surface area (Å²) in [5.41, 5.74) is 2.31. The molecule has 0 aliphatic carbocycles. The highest BCUT2D eigenvalue weighted by atomic mass is 35.5. The van der Waals surface area contributed by atoms with Gasteiger partial charge in [0.15, 0.2) is 16.5 Å². The van der Waals surface area contributed by atoms with Crippen LogP contribution in [0.5, 0.6) is 11.5 Å². The maximum Gasteiger partial charge on any atom is 0.274 e. The number of imidazole rings is 1. The molecule has 7 heteroatoms. The second-order valence-electron chi connectivity index (χ2n) is 6.56. The molecule has 0 aliphatic rings. The average Bonchev–Trinajstić information content (AvgIpc) is 3.15. The van der Waals surface area contributed by atoms with Gasteiger partial charge in [-0.05, 0) is 56.7 Å². The third-order valence-electron chi connectivity index (χ3n) is 4.13. The fourth-order valence-electron chi connectivity index (χ4n) is 3.05. The quantitative estimate of drug-likeness (QED) is 0.488. The highest BCUT2D eigenvalue weighted by Crippen LogP contribution is 2.37. The number of fused-ring (bicyclic) bond motifs is 3. The number of thiazole rings is 1. The van der Waals surface area contributed by atoms with Crippen LogP contribution >= 0.6 is 22.9 Å². The molecule has 2 aromatic carbocycles. The molecular weight excluding hydrogens is 396 g/mol. The number of halogens is 1. The van der Waals surface area contributed by atoms with E-state index in [0.717, 1.165) is 16.6 Å². The van der Waals surface area contributed by atoms with Gasteiger partial charge in [0.25, 0.3) is 5.56 Å². The molecule has 0 radical (unpaired) electrons. The van der Waals surface area contributed by atoms with Crippen LogP contribution in [0, 0.1) is 0 Å². The van der Waals surface area contributed by atoms with Crippen molar-refractivity contribution in [2.24, 2.45) is 0 Å². The average molecular weight is 415 g/mol. The van der Waals surface area contributed by atoms with Gasteiger partial charge in [0.05, 0.1) is 33.3 Å². The van der Waals surface area contributed by atoms with Crippen molar-refractivity contribution in [1.82, 2.24) is 9.38 Å². The zero-order valence-electron chi connectivity index (χ0n) is 15.7. The first-order valence-corrected chi connectivity index (χ1v) is 10.2. The van der Waals surface area contributed by atoms with Gasteiger partial charge in [-0.3, -0.25) is 4.79 Å². The number of ether oxygens (including phenoxy) is 2. The van der Waals surface area contributed by atoms with Crippen LogP contribution in [0.25, 0.3) is 22.1 Å². The molecule has 2 aromatic heterocycles. The smallest absolute Gasteiger partial charge is 0.274 e. The molecule has 0 unspecified atom stereocenters. The van der Waals surface area contributed by atoms with Gasteiger partial charge in [0.1, 0.15) is 0 Å². The topological polar surface area (TPSA) is 52.8 Å². The molecular formula is C21H19ClN2O3S. The lowest BCUT2D eigenvalue weighted by Crippen LogP contribution is -2.22. The van der Waals surface area contributed by atoms with Crippen molar-refractivity contribution in [2.75, 3.05) is 6.61 Å². The van der Waals surface area contributed by atoms with E-state index in [-0.39, 0.29) is 11.7 Å². The number of aromatic nitrogens is 2. The number of para-hydroxylation sites is 2. The first-order chi connectivity index (χ1) is 13.5. The second-order valence-corrected chi connectivity index (χ2v) is 7.98. The minimum Gasteiger partial charge on any atom is -0.490 e. The van der Waals surface area contributed by atoms with E-state index in [1.807, 2.05) is 57.2 Å². The molecule has 0 aliphatic heterocycles. The number of rotatable bonds is 5.